The number of hydrogen-bond acceptors (Lipinski definition) is 2. The largest absolute Gasteiger partial charge is 0.501 e. The second-order valence-electron chi connectivity index (χ2n) is 4.14. The summed E-state index contributed by atoms with van der Waals surface area (Å²) in [6.07, 6.45) is 5.51. The molecule has 0 aromatic carbocycles. The van der Waals surface area contributed by atoms with Crippen LogP contribution in [-0.2, 0) is 4.74 Å². The van der Waals surface area contributed by atoms with Crippen LogP contribution in [0.15, 0.2) is 11.8 Å². The maximum Gasteiger partial charge on any atom is 0.0876 e. The van der Waals surface area contributed by atoms with E-state index in [1.807, 2.05) is 13.3 Å². The summed E-state index contributed by atoms with van der Waals surface area (Å²) in [5, 5.41) is 3.35. The molecule has 0 aromatic rings. The minimum Gasteiger partial charge on any atom is -0.501 e. The van der Waals surface area contributed by atoms with Crippen molar-refractivity contribution in [1.29, 1.82) is 0 Å². The van der Waals surface area contributed by atoms with Crippen molar-refractivity contribution < 1.29 is 4.74 Å². The van der Waals surface area contributed by atoms with Crippen LogP contribution in [0.25, 0.3) is 0 Å². The summed E-state index contributed by atoms with van der Waals surface area (Å²) in [5.41, 5.74) is 1.43. The Balaban J connectivity index is 2.49. The van der Waals surface area contributed by atoms with Crippen LogP contribution in [0, 0.1) is 5.92 Å². The molecule has 76 valence electrons. The van der Waals surface area contributed by atoms with E-state index in [-0.39, 0.29) is 0 Å². The number of hydrogen-bond donors (Lipinski definition) is 1. The summed E-state index contributed by atoms with van der Waals surface area (Å²) in [7, 11) is 2.03. The van der Waals surface area contributed by atoms with Crippen molar-refractivity contribution in [3.05, 3.63) is 11.8 Å². The fraction of sp³-hybridized carbons (Fsp3) is 0.818. The van der Waals surface area contributed by atoms with Crippen LogP contribution in [0.1, 0.15) is 33.1 Å². The van der Waals surface area contributed by atoms with Gasteiger partial charge in [0.2, 0.25) is 0 Å². The smallest absolute Gasteiger partial charge is 0.0876 e. The van der Waals surface area contributed by atoms with Gasteiger partial charge in [-0.3, -0.25) is 0 Å². The third-order valence-electron chi connectivity index (χ3n) is 2.47. The van der Waals surface area contributed by atoms with Crippen molar-refractivity contribution in [2.24, 2.45) is 5.92 Å². The maximum absolute atomic E-state index is 5.34. The molecule has 0 radical (unpaired) electrons. The van der Waals surface area contributed by atoms with Crippen LogP contribution >= 0.6 is 0 Å². The van der Waals surface area contributed by atoms with E-state index in [1.54, 1.807) is 0 Å². The van der Waals surface area contributed by atoms with Gasteiger partial charge in [-0.2, -0.15) is 0 Å². The lowest BCUT2D eigenvalue weighted by Crippen LogP contribution is -2.30. The summed E-state index contributed by atoms with van der Waals surface area (Å²) in [4.78, 5) is 0. The first-order valence-electron chi connectivity index (χ1n) is 5.22. The van der Waals surface area contributed by atoms with E-state index >= 15 is 0 Å². The fourth-order valence-electron chi connectivity index (χ4n) is 1.77. The standard InChI is InChI=1S/C11H21NO/c1-9(2)7-11(12-3)10-5-4-6-13-8-10/h8-9,11-12H,4-7H2,1-3H3. The molecule has 1 aliphatic heterocycles. The average Bonchev–Trinajstić information content (AvgIpc) is 2.15. The Morgan fingerprint density at radius 2 is 2.31 bits per heavy atom. The van der Waals surface area contributed by atoms with Gasteiger partial charge in [-0.25, -0.2) is 0 Å². The molecule has 0 aliphatic carbocycles. The minimum atomic E-state index is 0.514. The quantitative estimate of drug-likeness (QED) is 0.722. The predicted octanol–water partition coefficient (Wildman–Crippen LogP) is 2.31. The highest BCUT2D eigenvalue weighted by Crippen LogP contribution is 2.20. The monoisotopic (exact) mass is 183 g/mol. The molecule has 1 unspecified atom stereocenters. The van der Waals surface area contributed by atoms with E-state index in [0.717, 1.165) is 12.5 Å². The van der Waals surface area contributed by atoms with E-state index in [4.69, 9.17) is 4.74 Å². The Kier molecular flexibility index (Phi) is 4.29. The summed E-state index contributed by atoms with van der Waals surface area (Å²) < 4.78 is 5.34. The Hall–Kier alpha value is -0.500. The van der Waals surface area contributed by atoms with Gasteiger partial charge in [-0.15, -0.1) is 0 Å². The molecule has 1 atom stereocenters. The molecular weight excluding hydrogens is 162 g/mol. The van der Waals surface area contributed by atoms with Crippen molar-refractivity contribution in [2.75, 3.05) is 13.7 Å². The zero-order valence-electron chi connectivity index (χ0n) is 8.97. The Labute approximate surface area is 81.4 Å². The van der Waals surface area contributed by atoms with Crippen molar-refractivity contribution >= 4 is 0 Å². The normalized spacial score (nSPS) is 19.5. The summed E-state index contributed by atoms with van der Waals surface area (Å²) in [5.74, 6) is 0.736. The first kappa shape index (κ1) is 10.6. The molecule has 0 bridgehead atoms. The van der Waals surface area contributed by atoms with Crippen LogP contribution in [-0.4, -0.2) is 19.7 Å². The lowest BCUT2D eigenvalue weighted by Gasteiger charge is -2.24. The first-order valence-corrected chi connectivity index (χ1v) is 5.22. The maximum atomic E-state index is 5.34. The van der Waals surface area contributed by atoms with E-state index in [9.17, 15) is 0 Å². The molecule has 13 heavy (non-hydrogen) atoms. The first-order chi connectivity index (χ1) is 6.24. The molecular formula is C11H21NO. The summed E-state index contributed by atoms with van der Waals surface area (Å²) in [6, 6.07) is 0.514. The molecule has 1 N–H and O–H groups in total. The van der Waals surface area contributed by atoms with Crippen molar-refractivity contribution in [1.82, 2.24) is 5.32 Å². The van der Waals surface area contributed by atoms with Gasteiger partial charge in [0, 0.05) is 6.04 Å². The number of nitrogens with one attached hydrogen (secondary N) is 1. The Morgan fingerprint density at radius 1 is 1.54 bits per heavy atom. The van der Waals surface area contributed by atoms with E-state index in [1.165, 1.54) is 24.8 Å². The van der Waals surface area contributed by atoms with Crippen LogP contribution in [0.3, 0.4) is 0 Å². The number of rotatable bonds is 4. The SMILES string of the molecule is CNC(CC(C)C)C1=COCCC1. The summed E-state index contributed by atoms with van der Waals surface area (Å²) >= 11 is 0. The van der Waals surface area contributed by atoms with E-state index in [2.05, 4.69) is 19.2 Å². The van der Waals surface area contributed by atoms with E-state index in [0.29, 0.717) is 6.04 Å². The lowest BCUT2D eigenvalue weighted by atomic mass is 9.94. The van der Waals surface area contributed by atoms with Gasteiger partial charge < -0.3 is 10.1 Å². The molecule has 1 aliphatic rings. The topological polar surface area (TPSA) is 21.3 Å². The van der Waals surface area contributed by atoms with Gasteiger partial charge in [-0.1, -0.05) is 13.8 Å². The van der Waals surface area contributed by atoms with Crippen LogP contribution < -0.4 is 5.32 Å². The van der Waals surface area contributed by atoms with Gasteiger partial charge in [0.1, 0.15) is 0 Å². The Morgan fingerprint density at radius 3 is 2.77 bits per heavy atom. The predicted molar refractivity (Wildman–Crippen MR) is 55.6 cm³/mol. The number of ether oxygens (including phenoxy) is 1. The molecule has 1 heterocycles. The highest BCUT2D eigenvalue weighted by atomic mass is 16.5. The van der Waals surface area contributed by atoms with Gasteiger partial charge in [0.25, 0.3) is 0 Å². The highest BCUT2D eigenvalue weighted by molar-refractivity contribution is 5.09. The molecule has 2 heteroatoms. The Bertz CT molecular complexity index is 175. The molecule has 2 nitrogen and oxygen atoms in total. The van der Waals surface area contributed by atoms with Crippen molar-refractivity contribution in [3.8, 4) is 0 Å². The zero-order chi connectivity index (χ0) is 9.68. The molecule has 0 spiro atoms. The molecule has 0 saturated heterocycles. The minimum absolute atomic E-state index is 0.514. The summed E-state index contributed by atoms with van der Waals surface area (Å²) in [6.45, 7) is 5.41. The van der Waals surface area contributed by atoms with Gasteiger partial charge in [0.15, 0.2) is 0 Å². The highest BCUT2D eigenvalue weighted by Gasteiger charge is 2.16. The fourth-order valence-corrected chi connectivity index (χ4v) is 1.77. The molecule has 0 saturated carbocycles. The zero-order valence-corrected chi connectivity index (χ0v) is 8.97. The third-order valence-corrected chi connectivity index (χ3v) is 2.47. The third kappa shape index (κ3) is 3.39. The second-order valence-corrected chi connectivity index (χ2v) is 4.14. The van der Waals surface area contributed by atoms with Gasteiger partial charge >= 0.3 is 0 Å². The van der Waals surface area contributed by atoms with Crippen LogP contribution in [0.2, 0.25) is 0 Å². The molecule has 0 fully saturated rings. The average molecular weight is 183 g/mol. The second kappa shape index (κ2) is 5.28. The van der Waals surface area contributed by atoms with E-state index < -0.39 is 0 Å². The van der Waals surface area contributed by atoms with Crippen LogP contribution in [0.4, 0.5) is 0 Å². The van der Waals surface area contributed by atoms with Crippen molar-refractivity contribution in [2.45, 2.75) is 39.2 Å². The lowest BCUT2D eigenvalue weighted by molar-refractivity contribution is 0.218. The molecule has 0 amide bonds. The molecule has 0 aromatic heterocycles. The van der Waals surface area contributed by atoms with Gasteiger partial charge in [-0.05, 0) is 37.8 Å². The molecule has 1 rings (SSSR count). The number of likely N-dealkylation sites (N-methyl/N-ethyl adjacent to an activating group) is 1. The van der Waals surface area contributed by atoms with Crippen LogP contribution in [0.5, 0.6) is 0 Å². The van der Waals surface area contributed by atoms with Gasteiger partial charge in [0.05, 0.1) is 12.9 Å². The van der Waals surface area contributed by atoms with Crippen molar-refractivity contribution in [3.63, 3.8) is 0 Å².